The number of hydrogen-bond donors (Lipinski definition) is 0. The molecular formula is C25H25NO4S. The van der Waals surface area contributed by atoms with Crippen molar-refractivity contribution >= 4 is 15.8 Å². The average molecular weight is 436 g/mol. The van der Waals surface area contributed by atoms with Gasteiger partial charge in [-0.1, -0.05) is 53.8 Å². The van der Waals surface area contributed by atoms with Crippen molar-refractivity contribution in [3.63, 3.8) is 0 Å². The van der Waals surface area contributed by atoms with Crippen LogP contribution in [0.15, 0.2) is 77.7 Å². The van der Waals surface area contributed by atoms with Gasteiger partial charge in [-0.25, -0.2) is 0 Å². The molecule has 0 spiro atoms. The zero-order valence-electron chi connectivity index (χ0n) is 17.8. The Morgan fingerprint density at radius 3 is 2.23 bits per heavy atom. The molecule has 3 aromatic carbocycles. The van der Waals surface area contributed by atoms with Gasteiger partial charge in [0.2, 0.25) is 0 Å². The van der Waals surface area contributed by atoms with E-state index in [-0.39, 0.29) is 10.6 Å². The van der Waals surface area contributed by atoms with Crippen LogP contribution in [0.1, 0.15) is 18.1 Å². The third-order valence-corrected chi connectivity index (χ3v) is 5.95. The molecular weight excluding hydrogens is 410 g/mol. The lowest BCUT2D eigenvalue weighted by molar-refractivity contribution is 0.413. The average Bonchev–Trinajstić information content (AvgIpc) is 2.78. The number of nitrogens with zero attached hydrogens (tertiary/aromatic N) is 1. The molecule has 6 heteroatoms. The number of aryl methyl sites for hydroxylation is 1. The normalized spacial score (nSPS) is 10.7. The first-order chi connectivity index (χ1) is 14.9. The van der Waals surface area contributed by atoms with Crippen LogP contribution in [0.2, 0.25) is 0 Å². The van der Waals surface area contributed by atoms with Crippen molar-refractivity contribution in [3.05, 3.63) is 83.9 Å². The number of anilines is 1. The minimum absolute atomic E-state index is 0.118. The molecule has 0 aliphatic carbocycles. The maximum absolute atomic E-state index is 12.8. The predicted molar refractivity (Wildman–Crippen MR) is 123 cm³/mol. The van der Waals surface area contributed by atoms with E-state index in [0.29, 0.717) is 24.5 Å². The lowest BCUT2D eigenvalue weighted by atomic mass is 10.2. The van der Waals surface area contributed by atoms with Crippen LogP contribution in [-0.2, 0) is 10.1 Å². The second-order valence-corrected chi connectivity index (χ2v) is 8.38. The summed E-state index contributed by atoms with van der Waals surface area (Å²) >= 11 is 0. The molecule has 3 aromatic rings. The molecule has 3 rings (SSSR count). The van der Waals surface area contributed by atoms with E-state index in [1.807, 2.05) is 55.1 Å². The Kier molecular flexibility index (Phi) is 7.22. The molecule has 160 valence electrons. The quantitative estimate of drug-likeness (QED) is 0.399. The smallest absolute Gasteiger partial charge is 0.339 e. The molecule has 0 atom stereocenters. The van der Waals surface area contributed by atoms with Crippen LogP contribution in [0, 0.1) is 18.8 Å². The van der Waals surface area contributed by atoms with Gasteiger partial charge in [0.25, 0.3) is 0 Å². The van der Waals surface area contributed by atoms with Crippen LogP contribution in [0.5, 0.6) is 11.5 Å². The van der Waals surface area contributed by atoms with Crippen LogP contribution in [0.3, 0.4) is 0 Å². The van der Waals surface area contributed by atoms with E-state index in [0.717, 1.165) is 11.1 Å². The summed E-state index contributed by atoms with van der Waals surface area (Å²) in [5.41, 5.74) is 2.44. The summed E-state index contributed by atoms with van der Waals surface area (Å²) in [6.45, 7) is 4.92. The maximum atomic E-state index is 12.8. The molecule has 0 N–H and O–H groups in total. The van der Waals surface area contributed by atoms with E-state index in [1.54, 1.807) is 43.5 Å². The summed E-state index contributed by atoms with van der Waals surface area (Å²) < 4.78 is 36.4. The second-order valence-electron chi connectivity index (χ2n) is 6.83. The van der Waals surface area contributed by atoms with Crippen LogP contribution in [0.25, 0.3) is 0 Å². The van der Waals surface area contributed by atoms with Gasteiger partial charge in [0.05, 0.1) is 24.9 Å². The third kappa shape index (κ3) is 5.59. The van der Waals surface area contributed by atoms with Crippen LogP contribution >= 0.6 is 0 Å². The Balaban J connectivity index is 1.84. The Hall–Kier alpha value is -3.43. The summed E-state index contributed by atoms with van der Waals surface area (Å²) in [7, 11) is -2.33. The Morgan fingerprint density at radius 1 is 0.903 bits per heavy atom. The first-order valence-electron chi connectivity index (χ1n) is 9.91. The Morgan fingerprint density at radius 2 is 1.55 bits per heavy atom. The highest BCUT2D eigenvalue weighted by Gasteiger charge is 2.20. The van der Waals surface area contributed by atoms with E-state index < -0.39 is 10.1 Å². The van der Waals surface area contributed by atoms with Gasteiger partial charge in [-0.2, -0.15) is 8.42 Å². The fourth-order valence-corrected chi connectivity index (χ4v) is 3.95. The van der Waals surface area contributed by atoms with Gasteiger partial charge in [-0.05, 0) is 50.2 Å². The molecule has 0 bridgehead atoms. The van der Waals surface area contributed by atoms with Gasteiger partial charge in [0, 0.05) is 6.54 Å². The summed E-state index contributed by atoms with van der Waals surface area (Å²) in [5, 5.41) is 0. The van der Waals surface area contributed by atoms with Crippen molar-refractivity contribution in [3.8, 4) is 23.3 Å². The van der Waals surface area contributed by atoms with Crippen molar-refractivity contribution in [2.24, 2.45) is 0 Å². The van der Waals surface area contributed by atoms with Crippen molar-refractivity contribution < 1.29 is 17.3 Å². The minimum atomic E-state index is -3.95. The topological polar surface area (TPSA) is 55.8 Å². The van der Waals surface area contributed by atoms with E-state index >= 15 is 0 Å². The zero-order chi connectivity index (χ0) is 22.3. The lowest BCUT2D eigenvalue weighted by Gasteiger charge is -2.23. The molecule has 0 saturated carbocycles. The third-order valence-electron chi connectivity index (χ3n) is 4.70. The highest BCUT2D eigenvalue weighted by molar-refractivity contribution is 7.87. The van der Waals surface area contributed by atoms with Crippen molar-refractivity contribution in [1.82, 2.24) is 0 Å². The number of hydrogen-bond acceptors (Lipinski definition) is 5. The van der Waals surface area contributed by atoms with Crippen LogP contribution in [0.4, 0.5) is 5.69 Å². The number of benzene rings is 3. The summed E-state index contributed by atoms with van der Waals surface area (Å²) in [6.07, 6.45) is 0. The molecule has 0 aliphatic rings. The molecule has 5 nitrogen and oxygen atoms in total. The number of methoxy groups -OCH3 is 1. The van der Waals surface area contributed by atoms with E-state index in [9.17, 15) is 8.42 Å². The summed E-state index contributed by atoms with van der Waals surface area (Å²) in [5.74, 6) is 7.25. The number of rotatable bonds is 7. The SMILES string of the molecule is CCN(CC#Cc1ccccc1OC)c1ccccc1OS(=O)(=O)c1ccc(C)cc1. The van der Waals surface area contributed by atoms with Gasteiger partial charge in [0.15, 0.2) is 5.75 Å². The van der Waals surface area contributed by atoms with Crippen LogP contribution in [-0.4, -0.2) is 28.6 Å². The highest BCUT2D eigenvalue weighted by atomic mass is 32.2. The van der Waals surface area contributed by atoms with Gasteiger partial charge in [-0.3, -0.25) is 0 Å². The molecule has 0 unspecified atom stereocenters. The number of para-hydroxylation sites is 3. The second kappa shape index (κ2) is 10.1. The largest absolute Gasteiger partial charge is 0.495 e. The predicted octanol–water partition coefficient (Wildman–Crippen LogP) is 4.65. The van der Waals surface area contributed by atoms with Crippen LogP contribution < -0.4 is 13.8 Å². The highest BCUT2D eigenvalue weighted by Crippen LogP contribution is 2.30. The van der Waals surface area contributed by atoms with Gasteiger partial charge >= 0.3 is 10.1 Å². The first-order valence-corrected chi connectivity index (χ1v) is 11.3. The van der Waals surface area contributed by atoms with Gasteiger partial charge in [0.1, 0.15) is 10.6 Å². The van der Waals surface area contributed by atoms with Crippen molar-refractivity contribution in [2.75, 3.05) is 25.1 Å². The maximum Gasteiger partial charge on any atom is 0.339 e. The summed E-state index contributed by atoms with van der Waals surface area (Å²) in [4.78, 5) is 2.08. The Labute approximate surface area is 184 Å². The van der Waals surface area contributed by atoms with E-state index in [4.69, 9.17) is 8.92 Å². The molecule has 0 saturated heterocycles. The molecule has 0 amide bonds. The van der Waals surface area contributed by atoms with Crippen molar-refractivity contribution in [1.29, 1.82) is 0 Å². The molecule has 31 heavy (non-hydrogen) atoms. The molecule has 0 heterocycles. The lowest BCUT2D eigenvalue weighted by Crippen LogP contribution is -2.24. The molecule has 0 radical (unpaired) electrons. The van der Waals surface area contributed by atoms with Gasteiger partial charge < -0.3 is 13.8 Å². The molecule has 0 aromatic heterocycles. The summed E-state index contributed by atoms with van der Waals surface area (Å²) in [6, 6.07) is 21.2. The zero-order valence-corrected chi connectivity index (χ0v) is 18.6. The van der Waals surface area contributed by atoms with E-state index in [1.165, 1.54) is 0 Å². The molecule has 0 fully saturated rings. The van der Waals surface area contributed by atoms with Crippen molar-refractivity contribution in [2.45, 2.75) is 18.7 Å². The Bertz CT molecular complexity index is 1190. The standard InChI is InChI=1S/C25H25NO4S/c1-4-26(19-9-11-21-10-5-7-13-24(21)29-3)23-12-6-8-14-25(23)30-31(27,28)22-17-15-20(2)16-18-22/h5-8,10,12-18H,4,19H2,1-3H3. The monoisotopic (exact) mass is 435 g/mol. The fraction of sp³-hybridized carbons (Fsp3) is 0.200. The first kappa shape index (κ1) is 22.3. The van der Waals surface area contributed by atoms with E-state index in [2.05, 4.69) is 11.8 Å². The number of ether oxygens (including phenoxy) is 1. The minimum Gasteiger partial charge on any atom is -0.495 e. The molecule has 0 aliphatic heterocycles. The van der Waals surface area contributed by atoms with Gasteiger partial charge in [-0.15, -0.1) is 0 Å². The fourth-order valence-electron chi connectivity index (χ4n) is 3.01.